The highest BCUT2D eigenvalue weighted by Gasteiger charge is 2.18. The maximum atomic E-state index is 12.0. The Morgan fingerprint density at radius 3 is 2.81 bits per heavy atom. The molecule has 0 bridgehead atoms. The molecule has 1 aromatic heterocycles. The van der Waals surface area contributed by atoms with Crippen molar-refractivity contribution in [3.63, 3.8) is 0 Å². The summed E-state index contributed by atoms with van der Waals surface area (Å²) in [6.07, 6.45) is 0.940. The Morgan fingerprint density at radius 1 is 1.24 bits per heavy atom. The number of hydrogen-bond donors (Lipinski definition) is 2. The van der Waals surface area contributed by atoms with Crippen molar-refractivity contribution in [2.24, 2.45) is 0 Å². The number of nitrogens with one attached hydrogen (secondary N) is 2. The molecule has 112 valence electrons. The lowest BCUT2D eigenvalue weighted by atomic mass is 10.1. The normalized spacial score (nSPS) is 10.6. The van der Waals surface area contributed by atoms with Crippen LogP contribution < -0.4 is 10.6 Å². The Bertz CT molecular complexity index is 616. The Morgan fingerprint density at radius 2 is 2.05 bits per heavy atom. The van der Waals surface area contributed by atoms with E-state index in [4.69, 9.17) is 4.74 Å². The lowest BCUT2D eigenvalue weighted by Crippen LogP contribution is -2.17. The summed E-state index contributed by atoms with van der Waals surface area (Å²) in [6.45, 7) is 3.72. The minimum atomic E-state index is -0.452. The third-order valence-corrected chi connectivity index (χ3v) is 3.04. The molecule has 0 aliphatic rings. The molecule has 2 aromatic rings. The summed E-state index contributed by atoms with van der Waals surface area (Å²) in [5, 5.41) is 15.4. The molecule has 0 unspecified atom stereocenters. The predicted molar refractivity (Wildman–Crippen MR) is 82.5 cm³/mol. The van der Waals surface area contributed by atoms with Crippen LogP contribution in [-0.2, 0) is 4.74 Å². The van der Waals surface area contributed by atoms with E-state index in [2.05, 4.69) is 20.8 Å². The van der Waals surface area contributed by atoms with Crippen molar-refractivity contribution in [2.75, 3.05) is 32.1 Å². The predicted octanol–water partition coefficient (Wildman–Crippen LogP) is 1.83. The van der Waals surface area contributed by atoms with Crippen molar-refractivity contribution < 1.29 is 9.53 Å². The fraction of sp³-hybridized carbons (Fsp3) is 0.400. The summed E-state index contributed by atoms with van der Waals surface area (Å²) in [7, 11) is 1.91. The van der Waals surface area contributed by atoms with Crippen LogP contribution in [0.15, 0.2) is 24.3 Å². The van der Waals surface area contributed by atoms with Crippen molar-refractivity contribution in [3.8, 4) is 0 Å². The minimum Gasteiger partial charge on any atom is -0.461 e. The van der Waals surface area contributed by atoms with Crippen LogP contribution in [-0.4, -0.2) is 42.9 Å². The van der Waals surface area contributed by atoms with Gasteiger partial charge in [-0.3, -0.25) is 0 Å². The summed E-state index contributed by atoms with van der Waals surface area (Å²) in [5.74, 6) is -0.452. The number of ether oxygens (including phenoxy) is 1. The van der Waals surface area contributed by atoms with E-state index >= 15 is 0 Å². The lowest BCUT2D eigenvalue weighted by molar-refractivity contribution is 0.0519. The van der Waals surface area contributed by atoms with E-state index in [9.17, 15) is 4.79 Å². The summed E-state index contributed by atoms with van der Waals surface area (Å²) >= 11 is 0. The number of benzene rings is 1. The van der Waals surface area contributed by atoms with Gasteiger partial charge >= 0.3 is 5.97 Å². The zero-order chi connectivity index (χ0) is 15.1. The molecule has 0 saturated heterocycles. The average Bonchev–Trinajstić information content (AvgIpc) is 2.51. The number of aromatic nitrogens is 2. The third kappa shape index (κ3) is 3.66. The average molecular weight is 288 g/mol. The smallest absolute Gasteiger partial charge is 0.361 e. The van der Waals surface area contributed by atoms with Crippen molar-refractivity contribution >= 4 is 22.6 Å². The first-order valence-corrected chi connectivity index (χ1v) is 7.09. The number of carbonyl (C=O) groups is 1. The molecule has 2 rings (SSSR count). The van der Waals surface area contributed by atoms with E-state index in [1.54, 1.807) is 6.92 Å². The number of anilines is 1. The molecule has 0 saturated carbocycles. The Balaban J connectivity index is 2.35. The van der Waals surface area contributed by atoms with E-state index in [0.717, 1.165) is 30.4 Å². The first-order chi connectivity index (χ1) is 10.3. The number of carbonyl (C=O) groups excluding carboxylic acids is 1. The van der Waals surface area contributed by atoms with E-state index in [0.29, 0.717) is 12.3 Å². The molecular formula is C15H20N4O2. The lowest BCUT2D eigenvalue weighted by Gasteiger charge is -2.12. The maximum absolute atomic E-state index is 12.0. The summed E-state index contributed by atoms with van der Waals surface area (Å²) in [6, 6.07) is 7.60. The van der Waals surface area contributed by atoms with E-state index < -0.39 is 5.97 Å². The molecule has 0 atom stereocenters. The molecule has 0 aliphatic heterocycles. The van der Waals surface area contributed by atoms with Crippen LogP contribution in [0.3, 0.4) is 0 Å². The summed E-state index contributed by atoms with van der Waals surface area (Å²) in [4.78, 5) is 12.0. The van der Waals surface area contributed by atoms with Gasteiger partial charge in [0.15, 0.2) is 5.69 Å². The van der Waals surface area contributed by atoms with Crippen LogP contribution in [0, 0.1) is 0 Å². The molecule has 6 nitrogen and oxygen atoms in total. The second-order valence-electron chi connectivity index (χ2n) is 4.55. The number of fused-ring (bicyclic) bond motifs is 1. The second-order valence-corrected chi connectivity index (χ2v) is 4.55. The van der Waals surface area contributed by atoms with Gasteiger partial charge in [-0.15, -0.1) is 10.2 Å². The highest BCUT2D eigenvalue weighted by atomic mass is 16.5. The molecule has 2 N–H and O–H groups in total. The summed E-state index contributed by atoms with van der Waals surface area (Å²) < 4.78 is 5.05. The Kier molecular flexibility index (Phi) is 5.45. The van der Waals surface area contributed by atoms with Gasteiger partial charge in [-0.25, -0.2) is 4.79 Å². The second kappa shape index (κ2) is 7.54. The number of hydrogen-bond acceptors (Lipinski definition) is 6. The van der Waals surface area contributed by atoms with Crippen LogP contribution in [0.5, 0.6) is 0 Å². The van der Waals surface area contributed by atoms with Gasteiger partial charge in [-0.2, -0.15) is 0 Å². The molecule has 0 fully saturated rings. The van der Waals surface area contributed by atoms with Crippen LogP contribution in [0.4, 0.5) is 5.69 Å². The molecule has 1 aromatic carbocycles. The monoisotopic (exact) mass is 288 g/mol. The molecule has 0 radical (unpaired) electrons. The van der Waals surface area contributed by atoms with Crippen molar-refractivity contribution in [1.29, 1.82) is 0 Å². The fourth-order valence-electron chi connectivity index (χ4n) is 2.05. The van der Waals surface area contributed by atoms with Gasteiger partial charge in [0.05, 0.1) is 17.8 Å². The van der Waals surface area contributed by atoms with E-state index in [1.807, 2.05) is 31.3 Å². The van der Waals surface area contributed by atoms with Crippen molar-refractivity contribution in [2.45, 2.75) is 13.3 Å². The molecule has 1 heterocycles. The minimum absolute atomic E-state index is 0.236. The number of rotatable bonds is 7. The number of nitrogens with zero attached hydrogens (tertiary/aromatic N) is 2. The van der Waals surface area contributed by atoms with Gasteiger partial charge in [0.25, 0.3) is 0 Å². The molecule has 0 amide bonds. The van der Waals surface area contributed by atoms with Gasteiger partial charge in [0.1, 0.15) is 0 Å². The molecule has 21 heavy (non-hydrogen) atoms. The van der Waals surface area contributed by atoms with E-state index in [-0.39, 0.29) is 5.69 Å². The first-order valence-electron chi connectivity index (χ1n) is 7.09. The van der Waals surface area contributed by atoms with Crippen molar-refractivity contribution in [3.05, 3.63) is 30.0 Å². The fourth-order valence-corrected chi connectivity index (χ4v) is 2.05. The topological polar surface area (TPSA) is 76.1 Å². The summed E-state index contributed by atoms with van der Waals surface area (Å²) in [5.41, 5.74) is 1.68. The molecule has 6 heteroatoms. The van der Waals surface area contributed by atoms with Crippen LogP contribution >= 0.6 is 0 Å². The van der Waals surface area contributed by atoms with Gasteiger partial charge in [-0.05, 0) is 33.0 Å². The third-order valence-electron chi connectivity index (χ3n) is 3.04. The van der Waals surface area contributed by atoms with Crippen LogP contribution in [0.25, 0.3) is 10.9 Å². The van der Waals surface area contributed by atoms with E-state index in [1.165, 1.54) is 0 Å². The molecule has 0 aliphatic carbocycles. The first kappa shape index (κ1) is 15.2. The molecular weight excluding hydrogens is 268 g/mol. The number of esters is 1. The Hall–Kier alpha value is -2.21. The van der Waals surface area contributed by atoms with Gasteiger partial charge in [0.2, 0.25) is 0 Å². The highest BCUT2D eigenvalue weighted by molar-refractivity contribution is 6.03. The highest BCUT2D eigenvalue weighted by Crippen LogP contribution is 2.24. The van der Waals surface area contributed by atoms with Gasteiger partial charge in [0, 0.05) is 11.9 Å². The van der Waals surface area contributed by atoms with Gasteiger partial charge in [-0.1, -0.05) is 18.2 Å². The standard InChI is InChI=1S/C15H20N4O2/c1-3-21-15(20)14-13(17-10-6-9-16-2)11-7-4-5-8-12(11)18-19-14/h4-5,7-8,16H,3,6,9-10H2,1-2H3,(H,17,18). The molecule has 0 spiro atoms. The maximum Gasteiger partial charge on any atom is 0.361 e. The largest absolute Gasteiger partial charge is 0.461 e. The zero-order valence-corrected chi connectivity index (χ0v) is 12.3. The van der Waals surface area contributed by atoms with Crippen LogP contribution in [0.1, 0.15) is 23.8 Å². The SMILES string of the molecule is CCOC(=O)c1nnc2ccccc2c1NCCCNC. The Labute approximate surface area is 123 Å². The van der Waals surface area contributed by atoms with Crippen LogP contribution in [0.2, 0.25) is 0 Å². The van der Waals surface area contributed by atoms with Crippen molar-refractivity contribution in [1.82, 2.24) is 15.5 Å². The zero-order valence-electron chi connectivity index (χ0n) is 12.3. The quantitative estimate of drug-likeness (QED) is 0.598. The van der Waals surface area contributed by atoms with Gasteiger partial charge < -0.3 is 15.4 Å².